The first-order chi connectivity index (χ1) is 4.80. The zero-order valence-corrected chi connectivity index (χ0v) is 6.66. The van der Waals surface area contributed by atoms with Crippen LogP contribution in [0.3, 0.4) is 0 Å². The van der Waals surface area contributed by atoms with Crippen LogP contribution < -0.4 is 5.73 Å². The molecule has 64 valence electrons. The first-order valence-corrected chi connectivity index (χ1v) is 3.19. The van der Waals surface area contributed by atoms with Gasteiger partial charge < -0.3 is 10.2 Å². The molecular formula is C7H13NO3. The Bertz CT molecular complexity index is 184. The van der Waals surface area contributed by atoms with Gasteiger partial charge in [-0.3, -0.25) is 10.5 Å². The van der Waals surface area contributed by atoms with Crippen molar-refractivity contribution in [2.24, 2.45) is 5.73 Å². The van der Waals surface area contributed by atoms with E-state index in [0.717, 1.165) is 0 Å². The zero-order chi connectivity index (χ0) is 9.23. The summed E-state index contributed by atoms with van der Waals surface area (Å²) in [5.74, 6) is -0.743. The van der Waals surface area contributed by atoms with Crippen molar-refractivity contribution in [3.05, 3.63) is 12.2 Å². The molecule has 0 saturated heterocycles. The molecule has 4 N–H and O–H groups in total. The number of ketones is 1. The molecule has 0 spiro atoms. The average Bonchev–Trinajstić information content (AvgIpc) is 1.85. The van der Waals surface area contributed by atoms with E-state index in [0.29, 0.717) is 0 Å². The van der Waals surface area contributed by atoms with Crippen LogP contribution >= 0.6 is 0 Å². The maximum Gasteiger partial charge on any atom is 0.207 e. The second-order valence-electron chi connectivity index (χ2n) is 2.61. The minimum atomic E-state index is -2.20. The van der Waals surface area contributed by atoms with Crippen molar-refractivity contribution in [3.63, 3.8) is 0 Å². The summed E-state index contributed by atoms with van der Waals surface area (Å²) >= 11 is 0. The molecule has 0 aliphatic carbocycles. The lowest BCUT2D eigenvalue weighted by molar-refractivity contribution is -0.143. The van der Waals surface area contributed by atoms with E-state index in [9.17, 15) is 4.79 Å². The number of hydrogen-bond donors (Lipinski definition) is 3. The van der Waals surface area contributed by atoms with Crippen molar-refractivity contribution >= 4 is 5.78 Å². The van der Waals surface area contributed by atoms with Crippen molar-refractivity contribution in [2.75, 3.05) is 0 Å². The van der Waals surface area contributed by atoms with E-state index in [1.54, 1.807) is 0 Å². The second kappa shape index (κ2) is 3.13. The maximum absolute atomic E-state index is 11.0. The van der Waals surface area contributed by atoms with Crippen LogP contribution in [0.2, 0.25) is 0 Å². The summed E-state index contributed by atoms with van der Waals surface area (Å²) in [6.07, 6.45) is -1.30. The van der Waals surface area contributed by atoms with Crippen LogP contribution in [0.25, 0.3) is 0 Å². The van der Waals surface area contributed by atoms with Crippen molar-refractivity contribution < 1.29 is 15.0 Å². The van der Waals surface area contributed by atoms with Gasteiger partial charge in [-0.15, -0.1) is 0 Å². The van der Waals surface area contributed by atoms with Gasteiger partial charge in [-0.05, 0) is 19.4 Å². The molecule has 0 aromatic carbocycles. The van der Waals surface area contributed by atoms with E-state index in [4.69, 9.17) is 15.9 Å². The van der Waals surface area contributed by atoms with Crippen LogP contribution in [-0.2, 0) is 4.79 Å². The molecule has 2 unspecified atom stereocenters. The van der Waals surface area contributed by atoms with Gasteiger partial charge >= 0.3 is 0 Å². The van der Waals surface area contributed by atoms with Gasteiger partial charge in [0.1, 0.15) is 6.10 Å². The Morgan fingerprint density at radius 2 is 2.09 bits per heavy atom. The lowest BCUT2D eigenvalue weighted by atomic mass is 9.99. The lowest BCUT2D eigenvalue weighted by Crippen LogP contribution is -2.56. The van der Waals surface area contributed by atoms with Gasteiger partial charge in [-0.1, -0.05) is 6.58 Å². The molecular weight excluding hydrogens is 146 g/mol. The molecule has 0 heterocycles. The number of carbonyl (C=O) groups is 1. The first kappa shape index (κ1) is 10.3. The highest BCUT2D eigenvalue weighted by Gasteiger charge is 2.36. The molecule has 2 atom stereocenters. The Balaban J connectivity index is 4.56. The van der Waals surface area contributed by atoms with Gasteiger partial charge in [-0.2, -0.15) is 0 Å². The van der Waals surface area contributed by atoms with Gasteiger partial charge in [0, 0.05) is 0 Å². The second-order valence-corrected chi connectivity index (χ2v) is 2.61. The van der Waals surface area contributed by atoms with E-state index in [2.05, 4.69) is 6.58 Å². The maximum atomic E-state index is 11.0. The standard InChI is InChI=1S/C7H13NO3/c1-4(2)6(10)7(8,11)5(3)9/h5,9,11H,1,8H2,2-3H3. The van der Waals surface area contributed by atoms with Crippen LogP contribution in [0.15, 0.2) is 12.2 Å². The summed E-state index contributed by atoms with van der Waals surface area (Å²) in [5.41, 5.74) is 3.02. The van der Waals surface area contributed by atoms with E-state index >= 15 is 0 Å². The molecule has 4 nitrogen and oxygen atoms in total. The summed E-state index contributed by atoms with van der Waals surface area (Å²) in [5, 5.41) is 18.0. The Kier molecular flexibility index (Phi) is 2.92. The van der Waals surface area contributed by atoms with E-state index in [-0.39, 0.29) is 5.57 Å². The summed E-state index contributed by atoms with van der Waals surface area (Å²) in [4.78, 5) is 11.0. The Morgan fingerprint density at radius 1 is 1.73 bits per heavy atom. The molecule has 0 bridgehead atoms. The average molecular weight is 159 g/mol. The SMILES string of the molecule is C=C(C)C(=O)C(N)(O)C(C)O. The smallest absolute Gasteiger partial charge is 0.207 e. The van der Waals surface area contributed by atoms with Crippen LogP contribution in [0.1, 0.15) is 13.8 Å². The van der Waals surface area contributed by atoms with Crippen molar-refractivity contribution in [3.8, 4) is 0 Å². The number of aliphatic hydroxyl groups excluding tert-OH is 1. The summed E-state index contributed by atoms with van der Waals surface area (Å²) in [7, 11) is 0. The molecule has 0 amide bonds. The molecule has 0 aliphatic heterocycles. The van der Waals surface area contributed by atoms with E-state index in [1.807, 2.05) is 0 Å². The number of carbonyl (C=O) groups excluding carboxylic acids is 1. The number of Topliss-reactive ketones (excluding diaryl/α,β-unsaturated/α-hetero) is 1. The predicted octanol–water partition coefficient (Wildman–Crippen LogP) is -0.840. The molecule has 0 rings (SSSR count). The minimum Gasteiger partial charge on any atom is -0.388 e. The largest absolute Gasteiger partial charge is 0.388 e. The van der Waals surface area contributed by atoms with Crippen LogP contribution in [0.4, 0.5) is 0 Å². The van der Waals surface area contributed by atoms with Gasteiger partial charge in [0.05, 0.1) is 0 Å². The molecule has 11 heavy (non-hydrogen) atoms. The summed E-state index contributed by atoms with van der Waals surface area (Å²) in [6.45, 7) is 5.96. The van der Waals surface area contributed by atoms with Crippen molar-refractivity contribution in [2.45, 2.75) is 25.7 Å². The van der Waals surface area contributed by atoms with E-state index < -0.39 is 17.6 Å². The topological polar surface area (TPSA) is 83.6 Å². The Labute approximate surface area is 65.3 Å². The van der Waals surface area contributed by atoms with Crippen LogP contribution in [-0.4, -0.2) is 27.8 Å². The molecule has 0 fully saturated rings. The third kappa shape index (κ3) is 2.11. The Morgan fingerprint density at radius 3 is 2.18 bits per heavy atom. The fraction of sp³-hybridized carbons (Fsp3) is 0.571. The number of hydrogen-bond acceptors (Lipinski definition) is 4. The van der Waals surface area contributed by atoms with Crippen molar-refractivity contribution in [1.82, 2.24) is 0 Å². The predicted molar refractivity (Wildman–Crippen MR) is 40.6 cm³/mol. The summed E-state index contributed by atoms with van der Waals surface area (Å²) in [6, 6.07) is 0. The molecule has 0 aromatic heterocycles. The van der Waals surface area contributed by atoms with Gasteiger partial charge in [-0.25, -0.2) is 0 Å². The van der Waals surface area contributed by atoms with Gasteiger partial charge in [0.15, 0.2) is 0 Å². The fourth-order valence-corrected chi connectivity index (χ4v) is 0.532. The summed E-state index contributed by atoms with van der Waals surface area (Å²) < 4.78 is 0. The fourth-order valence-electron chi connectivity index (χ4n) is 0.532. The first-order valence-electron chi connectivity index (χ1n) is 3.19. The van der Waals surface area contributed by atoms with Crippen LogP contribution in [0, 0.1) is 0 Å². The third-order valence-electron chi connectivity index (χ3n) is 1.39. The Hall–Kier alpha value is -0.710. The van der Waals surface area contributed by atoms with E-state index in [1.165, 1.54) is 13.8 Å². The minimum absolute atomic E-state index is 0.121. The monoisotopic (exact) mass is 159 g/mol. The molecule has 0 radical (unpaired) electrons. The van der Waals surface area contributed by atoms with Crippen molar-refractivity contribution in [1.29, 1.82) is 0 Å². The van der Waals surface area contributed by atoms with Crippen LogP contribution in [0.5, 0.6) is 0 Å². The third-order valence-corrected chi connectivity index (χ3v) is 1.39. The van der Waals surface area contributed by atoms with Gasteiger partial charge in [0.25, 0.3) is 0 Å². The van der Waals surface area contributed by atoms with Gasteiger partial charge in [0.2, 0.25) is 11.5 Å². The quantitative estimate of drug-likeness (QED) is 0.370. The lowest BCUT2D eigenvalue weighted by Gasteiger charge is -2.24. The molecule has 4 heteroatoms. The number of nitrogens with two attached hydrogens (primary N) is 1. The zero-order valence-electron chi connectivity index (χ0n) is 6.66. The normalized spacial score (nSPS) is 18.6. The number of aliphatic hydroxyl groups is 2. The number of rotatable bonds is 3. The highest BCUT2D eigenvalue weighted by Crippen LogP contribution is 2.08. The molecule has 0 saturated carbocycles. The highest BCUT2D eigenvalue weighted by molar-refractivity contribution is 6.00. The highest BCUT2D eigenvalue weighted by atomic mass is 16.4. The molecule has 0 aromatic rings. The molecule has 0 aliphatic rings.